The van der Waals surface area contributed by atoms with E-state index in [1.54, 1.807) is 12.1 Å². The van der Waals surface area contributed by atoms with Crippen molar-refractivity contribution in [2.75, 3.05) is 6.54 Å². The minimum Gasteiger partial charge on any atom is -0.330 e. The molecule has 0 saturated heterocycles. The fourth-order valence-corrected chi connectivity index (χ4v) is 1.74. The topological polar surface area (TPSA) is 52.0 Å². The van der Waals surface area contributed by atoms with Gasteiger partial charge in [-0.3, -0.25) is 0 Å². The van der Waals surface area contributed by atoms with E-state index in [4.69, 9.17) is 23.1 Å². The van der Waals surface area contributed by atoms with E-state index >= 15 is 0 Å². The highest BCUT2D eigenvalue weighted by Crippen LogP contribution is 2.26. The Balaban J connectivity index is 0.00000225. The summed E-state index contributed by atoms with van der Waals surface area (Å²) in [5.41, 5.74) is 12.0. The second-order valence-corrected chi connectivity index (χ2v) is 3.91. The Morgan fingerprint density at radius 3 is 2.62 bits per heavy atom. The van der Waals surface area contributed by atoms with E-state index in [9.17, 15) is 4.39 Å². The molecule has 1 aromatic rings. The van der Waals surface area contributed by atoms with Crippen LogP contribution in [-0.2, 0) is 0 Å². The number of unbranched alkanes of at least 4 members (excludes halogenated alkanes) is 1. The van der Waals surface area contributed by atoms with Crippen LogP contribution in [0.4, 0.5) is 4.39 Å². The first kappa shape index (κ1) is 15.7. The summed E-state index contributed by atoms with van der Waals surface area (Å²) in [7, 11) is 0. The fourth-order valence-electron chi connectivity index (χ4n) is 1.47. The van der Waals surface area contributed by atoms with Crippen LogP contribution in [0.25, 0.3) is 0 Å². The summed E-state index contributed by atoms with van der Waals surface area (Å²) in [6.07, 6.45) is 2.64. The van der Waals surface area contributed by atoms with Crippen LogP contribution >= 0.6 is 24.0 Å². The van der Waals surface area contributed by atoms with Crippen molar-refractivity contribution < 1.29 is 4.39 Å². The van der Waals surface area contributed by atoms with Crippen molar-refractivity contribution in [2.24, 2.45) is 11.5 Å². The number of halogens is 3. The SMILES string of the molecule is Cl.NCCCC[C@H](N)c1cccc(F)c1Cl. The van der Waals surface area contributed by atoms with Gasteiger partial charge in [-0.1, -0.05) is 30.2 Å². The summed E-state index contributed by atoms with van der Waals surface area (Å²) in [6, 6.07) is 4.51. The Kier molecular flexibility index (Phi) is 7.68. The Morgan fingerprint density at radius 2 is 2.00 bits per heavy atom. The van der Waals surface area contributed by atoms with E-state index in [1.165, 1.54) is 6.07 Å². The zero-order chi connectivity index (χ0) is 11.3. The van der Waals surface area contributed by atoms with Crippen LogP contribution < -0.4 is 11.5 Å². The van der Waals surface area contributed by atoms with Gasteiger partial charge in [-0.15, -0.1) is 12.4 Å². The standard InChI is InChI=1S/C11H16ClFN2.ClH/c12-11-8(4-3-5-9(11)13)10(15)6-1-2-7-14;/h3-5,10H,1-2,6-7,14-15H2;1H/t10-;/m0./s1. The first-order valence-electron chi connectivity index (χ1n) is 5.06. The summed E-state index contributed by atoms with van der Waals surface area (Å²) < 4.78 is 13.1. The van der Waals surface area contributed by atoms with Gasteiger partial charge in [0.05, 0.1) is 5.02 Å². The molecule has 0 unspecified atom stereocenters. The van der Waals surface area contributed by atoms with Gasteiger partial charge < -0.3 is 11.5 Å². The summed E-state index contributed by atoms with van der Waals surface area (Å²) in [5, 5.41) is 0.137. The third kappa shape index (κ3) is 4.26. The molecular formula is C11H17Cl2FN2. The summed E-state index contributed by atoms with van der Waals surface area (Å²) in [4.78, 5) is 0. The van der Waals surface area contributed by atoms with Crippen LogP contribution in [0.5, 0.6) is 0 Å². The van der Waals surface area contributed by atoms with Gasteiger partial charge in [0.2, 0.25) is 0 Å². The molecule has 0 aromatic heterocycles. The molecule has 0 heterocycles. The molecule has 0 aliphatic rings. The van der Waals surface area contributed by atoms with E-state index in [-0.39, 0.29) is 23.5 Å². The Labute approximate surface area is 107 Å². The van der Waals surface area contributed by atoms with E-state index in [2.05, 4.69) is 0 Å². The number of benzene rings is 1. The molecule has 1 aromatic carbocycles. The van der Waals surface area contributed by atoms with Gasteiger partial charge in [-0.05, 0) is 31.0 Å². The molecule has 4 N–H and O–H groups in total. The maximum atomic E-state index is 13.1. The van der Waals surface area contributed by atoms with E-state index in [1.807, 2.05) is 0 Å². The largest absolute Gasteiger partial charge is 0.330 e. The third-order valence-corrected chi connectivity index (χ3v) is 2.75. The molecule has 92 valence electrons. The van der Waals surface area contributed by atoms with Crippen LogP contribution in [-0.4, -0.2) is 6.54 Å². The van der Waals surface area contributed by atoms with Crippen molar-refractivity contribution in [3.05, 3.63) is 34.6 Å². The molecule has 0 saturated carbocycles. The van der Waals surface area contributed by atoms with Crippen molar-refractivity contribution in [1.29, 1.82) is 0 Å². The van der Waals surface area contributed by atoms with Crippen LogP contribution in [0.15, 0.2) is 18.2 Å². The van der Waals surface area contributed by atoms with E-state index < -0.39 is 5.82 Å². The number of hydrogen-bond donors (Lipinski definition) is 2. The van der Waals surface area contributed by atoms with Crippen LogP contribution in [0, 0.1) is 5.82 Å². The molecule has 5 heteroatoms. The quantitative estimate of drug-likeness (QED) is 0.806. The smallest absolute Gasteiger partial charge is 0.142 e. The molecule has 0 radical (unpaired) electrons. The number of nitrogens with two attached hydrogens (primary N) is 2. The summed E-state index contributed by atoms with van der Waals surface area (Å²) >= 11 is 5.82. The van der Waals surface area contributed by atoms with Gasteiger partial charge >= 0.3 is 0 Å². The second-order valence-electron chi connectivity index (χ2n) is 3.53. The summed E-state index contributed by atoms with van der Waals surface area (Å²) in [6.45, 7) is 0.656. The fraction of sp³-hybridized carbons (Fsp3) is 0.455. The zero-order valence-electron chi connectivity index (χ0n) is 8.96. The predicted octanol–water partition coefficient (Wildman–Crippen LogP) is 3.03. The zero-order valence-corrected chi connectivity index (χ0v) is 10.5. The number of hydrogen-bond acceptors (Lipinski definition) is 2. The Bertz CT molecular complexity index is 321. The minimum atomic E-state index is -0.413. The molecule has 2 nitrogen and oxygen atoms in total. The highest BCUT2D eigenvalue weighted by Gasteiger charge is 2.12. The van der Waals surface area contributed by atoms with Crippen molar-refractivity contribution in [2.45, 2.75) is 25.3 Å². The van der Waals surface area contributed by atoms with Crippen LogP contribution in [0.3, 0.4) is 0 Å². The van der Waals surface area contributed by atoms with Gasteiger partial charge in [0.1, 0.15) is 5.82 Å². The van der Waals surface area contributed by atoms with E-state index in [0.717, 1.165) is 19.3 Å². The third-order valence-electron chi connectivity index (χ3n) is 2.35. The first-order chi connectivity index (χ1) is 7.16. The predicted molar refractivity (Wildman–Crippen MR) is 68.5 cm³/mol. The molecule has 0 spiro atoms. The highest BCUT2D eigenvalue weighted by atomic mass is 35.5. The van der Waals surface area contributed by atoms with Crippen molar-refractivity contribution in [3.63, 3.8) is 0 Å². The van der Waals surface area contributed by atoms with E-state index in [0.29, 0.717) is 12.1 Å². The summed E-state index contributed by atoms with van der Waals surface area (Å²) in [5.74, 6) is -0.413. The molecule has 1 atom stereocenters. The minimum absolute atomic E-state index is 0. The normalized spacial score (nSPS) is 12.0. The van der Waals surface area contributed by atoms with Gasteiger partial charge in [-0.25, -0.2) is 4.39 Å². The van der Waals surface area contributed by atoms with Crippen molar-refractivity contribution in [3.8, 4) is 0 Å². The monoisotopic (exact) mass is 266 g/mol. The lowest BCUT2D eigenvalue weighted by Gasteiger charge is -2.13. The molecular weight excluding hydrogens is 250 g/mol. The number of rotatable bonds is 5. The Morgan fingerprint density at radius 1 is 1.31 bits per heavy atom. The molecule has 0 amide bonds. The molecule has 16 heavy (non-hydrogen) atoms. The average Bonchev–Trinajstić information content (AvgIpc) is 2.22. The van der Waals surface area contributed by atoms with Crippen molar-refractivity contribution in [1.82, 2.24) is 0 Å². The average molecular weight is 267 g/mol. The molecule has 0 bridgehead atoms. The molecule has 0 fully saturated rings. The molecule has 0 aliphatic carbocycles. The highest BCUT2D eigenvalue weighted by molar-refractivity contribution is 6.31. The molecule has 0 aliphatic heterocycles. The van der Waals surface area contributed by atoms with Crippen molar-refractivity contribution >= 4 is 24.0 Å². The van der Waals surface area contributed by atoms with Crippen LogP contribution in [0.1, 0.15) is 30.9 Å². The lowest BCUT2D eigenvalue weighted by Crippen LogP contribution is -2.12. The van der Waals surface area contributed by atoms with Crippen LogP contribution in [0.2, 0.25) is 5.02 Å². The lowest BCUT2D eigenvalue weighted by molar-refractivity contribution is 0.580. The maximum absolute atomic E-state index is 13.1. The van der Waals surface area contributed by atoms with Gasteiger partial charge in [0, 0.05) is 6.04 Å². The first-order valence-corrected chi connectivity index (χ1v) is 5.44. The lowest BCUT2D eigenvalue weighted by atomic mass is 10.0. The van der Waals surface area contributed by atoms with Gasteiger partial charge in [0.25, 0.3) is 0 Å². The van der Waals surface area contributed by atoms with Gasteiger partial charge in [0.15, 0.2) is 0 Å². The Hall–Kier alpha value is -0.350. The molecule has 1 rings (SSSR count). The van der Waals surface area contributed by atoms with Gasteiger partial charge in [-0.2, -0.15) is 0 Å². The maximum Gasteiger partial charge on any atom is 0.142 e. The second kappa shape index (κ2) is 7.85.